The number of aryl methyl sites for hydroxylation is 2. The summed E-state index contributed by atoms with van der Waals surface area (Å²) in [5.41, 5.74) is 7.73. The normalized spacial score (nSPS) is 11.3. The quantitative estimate of drug-likeness (QED) is 0.588. The van der Waals surface area contributed by atoms with Gasteiger partial charge < -0.3 is 10.1 Å². The molecule has 0 unspecified atom stereocenters. The van der Waals surface area contributed by atoms with Gasteiger partial charge in [-0.25, -0.2) is 9.97 Å². The third kappa shape index (κ3) is 2.45. The Morgan fingerprint density at radius 3 is 2.76 bits per heavy atom. The summed E-state index contributed by atoms with van der Waals surface area (Å²) in [4.78, 5) is 20.5. The molecule has 9 heteroatoms. The van der Waals surface area contributed by atoms with Crippen LogP contribution in [0.5, 0.6) is 0 Å². The first-order valence-electron chi connectivity index (χ1n) is 7.71. The second-order valence-corrected chi connectivity index (χ2v) is 5.69. The standard InChI is InChI=1S/C16H16N8O/c1-10-15(20-13-5-3-4-8-23(10)13)16-19-12(9-11(17)25)21-24(16)14-6-7-18-22(14)2/h3-8H,9H2,1-2H3,(H2,17,25). The summed E-state index contributed by atoms with van der Waals surface area (Å²) >= 11 is 0. The van der Waals surface area contributed by atoms with Gasteiger partial charge in [-0.3, -0.25) is 9.48 Å². The van der Waals surface area contributed by atoms with E-state index in [-0.39, 0.29) is 6.42 Å². The maximum atomic E-state index is 11.3. The van der Waals surface area contributed by atoms with Crippen LogP contribution in [-0.2, 0) is 18.3 Å². The lowest BCUT2D eigenvalue weighted by Crippen LogP contribution is -2.15. The van der Waals surface area contributed by atoms with Crippen LogP contribution < -0.4 is 5.73 Å². The summed E-state index contributed by atoms with van der Waals surface area (Å²) in [5.74, 6) is 1.12. The average molecular weight is 336 g/mol. The molecular weight excluding hydrogens is 320 g/mol. The number of imidazole rings is 1. The van der Waals surface area contributed by atoms with Crippen molar-refractivity contribution in [2.75, 3.05) is 0 Å². The lowest BCUT2D eigenvalue weighted by atomic mass is 10.3. The lowest BCUT2D eigenvalue weighted by Gasteiger charge is -2.04. The van der Waals surface area contributed by atoms with Crippen LogP contribution in [0.2, 0.25) is 0 Å². The molecule has 25 heavy (non-hydrogen) atoms. The van der Waals surface area contributed by atoms with Crippen LogP contribution in [0.3, 0.4) is 0 Å². The molecule has 0 saturated heterocycles. The molecule has 0 radical (unpaired) electrons. The lowest BCUT2D eigenvalue weighted by molar-refractivity contribution is -0.117. The number of carbonyl (C=O) groups is 1. The number of pyridine rings is 1. The van der Waals surface area contributed by atoms with Gasteiger partial charge in [-0.1, -0.05) is 6.07 Å². The Kier molecular flexibility index (Phi) is 3.34. The number of hydrogen-bond donors (Lipinski definition) is 1. The van der Waals surface area contributed by atoms with Gasteiger partial charge in [0.05, 0.1) is 18.3 Å². The Morgan fingerprint density at radius 2 is 2.08 bits per heavy atom. The molecule has 0 bridgehead atoms. The third-order valence-electron chi connectivity index (χ3n) is 3.98. The number of primary amides is 1. The van der Waals surface area contributed by atoms with Crippen molar-refractivity contribution in [1.29, 1.82) is 0 Å². The van der Waals surface area contributed by atoms with Gasteiger partial charge in [0.1, 0.15) is 11.3 Å². The Hall–Kier alpha value is -3.49. The van der Waals surface area contributed by atoms with Crippen molar-refractivity contribution in [2.45, 2.75) is 13.3 Å². The summed E-state index contributed by atoms with van der Waals surface area (Å²) in [6, 6.07) is 7.61. The Morgan fingerprint density at radius 1 is 1.24 bits per heavy atom. The predicted molar refractivity (Wildman–Crippen MR) is 89.9 cm³/mol. The van der Waals surface area contributed by atoms with E-state index in [2.05, 4.69) is 20.2 Å². The maximum Gasteiger partial charge on any atom is 0.225 e. The summed E-state index contributed by atoms with van der Waals surface area (Å²) in [6.45, 7) is 1.96. The van der Waals surface area contributed by atoms with E-state index in [1.54, 1.807) is 15.6 Å². The van der Waals surface area contributed by atoms with Crippen LogP contribution in [0, 0.1) is 6.92 Å². The largest absolute Gasteiger partial charge is 0.369 e. The molecule has 0 aliphatic heterocycles. The van der Waals surface area contributed by atoms with Crippen molar-refractivity contribution < 1.29 is 4.79 Å². The second-order valence-electron chi connectivity index (χ2n) is 5.69. The van der Waals surface area contributed by atoms with Crippen molar-refractivity contribution in [2.24, 2.45) is 12.8 Å². The average Bonchev–Trinajstić information content (AvgIpc) is 3.25. The predicted octanol–water partition coefficient (Wildman–Crippen LogP) is 0.652. The monoisotopic (exact) mass is 336 g/mol. The SMILES string of the molecule is Cc1c(-c2nc(CC(N)=O)nn2-c2ccnn2C)nc2ccccn12. The molecule has 4 heterocycles. The molecule has 1 amide bonds. The van der Waals surface area contributed by atoms with Crippen LogP contribution in [0.25, 0.3) is 23.0 Å². The Bertz CT molecular complexity index is 1090. The van der Waals surface area contributed by atoms with Gasteiger partial charge in [0.15, 0.2) is 17.5 Å². The molecule has 0 spiro atoms. The zero-order chi connectivity index (χ0) is 17.6. The van der Waals surface area contributed by atoms with E-state index in [1.807, 2.05) is 48.8 Å². The summed E-state index contributed by atoms with van der Waals surface area (Å²) in [7, 11) is 1.81. The van der Waals surface area contributed by atoms with Crippen molar-refractivity contribution in [1.82, 2.24) is 33.9 Å². The Labute approximate surface area is 142 Å². The van der Waals surface area contributed by atoms with Gasteiger partial charge >= 0.3 is 0 Å². The fourth-order valence-electron chi connectivity index (χ4n) is 2.80. The van der Waals surface area contributed by atoms with Crippen LogP contribution in [-0.4, -0.2) is 39.8 Å². The number of nitrogens with zero attached hydrogens (tertiary/aromatic N) is 7. The van der Waals surface area contributed by atoms with Gasteiger partial charge in [-0.2, -0.15) is 9.78 Å². The van der Waals surface area contributed by atoms with Crippen LogP contribution in [0.1, 0.15) is 11.5 Å². The molecule has 0 aromatic carbocycles. The van der Waals surface area contributed by atoms with E-state index in [4.69, 9.17) is 5.73 Å². The first-order valence-corrected chi connectivity index (χ1v) is 7.71. The Balaban J connectivity index is 1.96. The topological polar surface area (TPSA) is 109 Å². The van der Waals surface area contributed by atoms with E-state index >= 15 is 0 Å². The van der Waals surface area contributed by atoms with E-state index in [0.29, 0.717) is 17.3 Å². The van der Waals surface area contributed by atoms with Crippen LogP contribution >= 0.6 is 0 Å². The maximum absolute atomic E-state index is 11.3. The minimum atomic E-state index is -0.486. The van der Waals surface area contributed by atoms with Gasteiger partial charge in [-0.05, 0) is 19.1 Å². The highest BCUT2D eigenvalue weighted by Crippen LogP contribution is 2.24. The summed E-state index contributed by atoms with van der Waals surface area (Å²) < 4.78 is 5.29. The minimum absolute atomic E-state index is 0.0374. The molecule has 126 valence electrons. The number of nitrogens with two attached hydrogens (primary N) is 1. The molecule has 4 aromatic rings. The molecular formula is C16H16N8O. The molecule has 0 aliphatic rings. The zero-order valence-corrected chi connectivity index (χ0v) is 13.8. The third-order valence-corrected chi connectivity index (χ3v) is 3.98. The fraction of sp³-hybridized carbons (Fsp3) is 0.188. The number of carbonyl (C=O) groups excluding carboxylic acids is 1. The van der Waals surface area contributed by atoms with Crippen molar-refractivity contribution in [3.63, 3.8) is 0 Å². The fourth-order valence-corrected chi connectivity index (χ4v) is 2.80. The number of hydrogen-bond acceptors (Lipinski definition) is 5. The molecule has 0 fully saturated rings. The van der Waals surface area contributed by atoms with Gasteiger partial charge in [0, 0.05) is 19.3 Å². The molecule has 0 aliphatic carbocycles. The van der Waals surface area contributed by atoms with Gasteiger partial charge in [0.2, 0.25) is 5.91 Å². The number of amides is 1. The highest BCUT2D eigenvalue weighted by molar-refractivity contribution is 5.76. The summed E-state index contributed by atoms with van der Waals surface area (Å²) in [5, 5.41) is 8.61. The zero-order valence-electron chi connectivity index (χ0n) is 13.8. The minimum Gasteiger partial charge on any atom is -0.369 e. The first-order chi connectivity index (χ1) is 12.0. The van der Waals surface area contributed by atoms with E-state index in [1.165, 1.54) is 0 Å². The molecule has 0 atom stereocenters. The van der Waals surface area contributed by atoms with E-state index in [9.17, 15) is 4.79 Å². The van der Waals surface area contributed by atoms with Crippen molar-refractivity contribution in [3.8, 4) is 17.3 Å². The number of fused-ring (bicyclic) bond motifs is 1. The molecule has 9 nitrogen and oxygen atoms in total. The van der Waals surface area contributed by atoms with Gasteiger partial charge in [-0.15, -0.1) is 5.10 Å². The smallest absolute Gasteiger partial charge is 0.225 e. The highest BCUT2D eigenvalue weighted by Gasteiger charge is 2.21. The molecule has 4 aromatic heterocycles. The first kappa shape index (κ1) is 15.1. The molecule has 2 N–H and O–H groups in total. The van der Waals surface area contributed by atoms with E-state index in [0.717, 1.165) is 17.2 Å². The van der Waals surface area contributed by atoms with Crippen LogP contribution in [0.15, 0.2) is 36.7 Å². The molecule has 0 saturated carbocycles. The van der Waals surface area contributed by atoms with Gasteiger partial charge in [0.25, 0.3) is 0 Å². The van der Waals surface area contributed by atoms with Crippen LogP contribution in [0.4, 0.5) is 0 Å². The van der Waals surface area contributed by atoms with Crippen molar-refractivity contribution >= 4 is 11.6 Å². The number of rotatable bonds is 4. The van der Waals surface area contributed by atoms with Crippen molar-refractivity contribution in [3.05, 3.63) is 48.2 Å². The van der Waals surface area contributed by atoms with E-state index < -0.39 is 5.91 Å². The number of aromatic nitrogens is 7. The summed E-state index contributed by atoms with van der Waals surface area (Å²) in [6.07, 6.45) is 3.58. The highest BCUT2D eigenvalue weighted by atomic mass is 16.1. The second kappa shape index (κ2) is 5.55. The molecule has 4 rings (SSSR count).